The highest BCUT2D eigenvalue weighted by Gasteiger charge is 2.22. The SMILES string of the molecule is CN(c1ccc(OCC(=O)NCC2CNC2)cc1)S(=O)(=O)c1cccs1. The molecule has 1 aliphatic heterocycles. The van der Waals surface area contributed by atoms with E-state index in [9.17, 15) is 13.2 Å². The minimum atomic E-state index is -3.56. The molecule has 3 rings (SSSR count). The Morgan fingerprint density at radius 3 is 2.62 bits per heavy atom. The third-order valence-corrected chi connectivity index (χ3v) is 7.29. The summed E-state index contributed by atoms with van der Waals surface area (Å²) in [4.78, 5) is 11.8. The smallest absolute Gasteiger partial charge is 0.273 e. The standard InChI is InChI=1S/C17H21N3O4S2/c1-20(26(22,23)17-3-2-8-25-17)14-4-6-15(7-5-14)24-12-16(21)19-11-13-9-18-10-13/h2-8,13,18H,9-12H2,1H3,(H,19,21). The summed E-state index contributed by atoms with van der Waals surface area (Å²) < 4.78 is 32.0. The second kappa shape index (κ2) is 8.07. The quantitative estimate of drug-likeness (QED) is 0.703. The Morgan fingerprint density at radius 1 is 1.31 bits per heavy atom. The van der Waals surface area contributed by atoms with E-state index in [1.807, 2.05) is 0 Å². The van der Waals surface area contributed by atoms with E-state index in [1.165, 1.54) is 22.7 Å². The summed E-state index contributed by atoms with van der Waals surface area (Å²) in [5, 5.41) is 7.70. The number of anilines is 1. The number of thiophene rings is 1. The molecule has 0 radical (unpaired) electrons. The zero-order chi connectivity index (χ0) is 18.6. The molecule has 2 N–H and O–H groups in total. The monoisotopic (exact) mass is 395 g/mol. The summed E-state index contributed by atoms with van der Waals surface area (Å²) in [7, 11) is -2.05. The molecular weight excluding hydrogens is 374 g/mol. The number of rotatable bonds is 8. The molecule has 1 aromatic carbocycles. The molecule has 0 unspecified atom stereocenters. The first kappa shape index (κ1) is 18.7. The van der Waals surface area contributed by atoms with Gasteiger partial charge in [0.2, 0.25) is 0 Å². The van der Waals surface area contributed by atoms with Crippen molar-refractivity contribution in [3.63, 3.8) is 0 Å². The lowest BCUT2D eigenvalue weighted by atomic mass is 10.0. The summed E-state index contributed by atoms with van der Waals surface area (Å²) in [6, 6.07) is 9.88. The number of nitrogens with one attached hydrogen (secondary N) is 2. The van der Waals surface area contributed by atoms with Crippen LogP contribution in [-0.2, 0) is 14.8 Å². The largest absolute Gasteiger partial charge is 0.484 e. The second-order valence-corrected chi connectivity index (χ2v) is 9.16. The molecule has 26 heavy (non-hydrogen) atoms. The molecule has 1 aromatic heterocycles. The van der Waals surface area contributed by atoms with Gasteiger partial charge in [-0.1, -0.05) is 6.07 Å². The molecular formula is C17H21N3O4S2. The number of hydrogen-bond acceptors (Lipinski definition) is 6. The first-order chi connectivity index (χ1) is 12.5. The number of benzene rings is 1. The van der Waals surface area contributed by atoms with Crippen molar-refractivity contribution in [3.05, 3.63) is 41.8 Å². The second-order valence-electron chi connectivity index (χ2n) is 6.02. The molecule has 0 bridgehead atoms. The van der Waals surface area contributed by atoms with Crippen LogP contribution in [0.1, 0.15) is 0 Å². The van der Waals surface area contributed by atoms with Crippen LogP contribution in [0, 0.1) is 5.92 Å². The lowest BCUT2D eigenvalue weighted by Gasteiger charge is -2.27. The van der Waals surface area contributed by atoms with Crippen molar-refractivity contribution in [1.82, 2.24) is 10.6 Å². The number of carbonyl (C=O) groups excluding carboxylic acids is 1. The molecule has 0 saturated carbocycles. The van der Waals surface area contributed by atoms with Crippen LogP contribution in [-0.4, -0.2) is 47.6 Å². The minimum Gasteiger partial charge on any atom is -0.484 e. The van der Waals surface area contributed by atoms with Crippen LogP contribution in [0.3, 0.4) is 0 Å². The van der Waals surface area contributed by atoms with Gasteiger partial charge in [0.25, 0.3) is 15.9 Å². The van der Waals surface area contributed by atoms with Crippen molar-refractivity contribution < 1.29 is 17.9 Å². The van der Waals surface area contributed by atoms with E-state index < -0.39 is 10.0 Å². The lowest BCUT2D eigenvalue weighted by Crippen LogP contribution is -2.48. The Balaban J connectivity index is 1.53. The summed E-state index contributed by atoms with van der Waals surface area (Å²) in [6.45, 7) is 2.46. The molecule has 1 saturated heterocycles. The molecule has 2 heterocycles. The Bertz CT molecular complexity index is 831. The Hall–Kier alpha value is -2.10. The van der Waals surface area contributed by atoms with Gasteiger partial charge in [0.1, 0.15) is 9.96 Å². The van der Waals surface area contributed by atoms with Crippen LogP contribution in [0.4, 0.5) is 5.69 Å². The van der Waals surface area contributed by atoms with Gasteiger partial charge in [-0.05, 0) is 35.7 Å². The van der Waals surface area contributed by atoms with Gasteiger partial charge in [0.05, 0.1) is 5.69 Å². The van der Waals surface area contributed by atoms with Crippen LogP contribution in [0.25, 0.3) is 0 Å². The third-order valence-electron chi connectivity index (χ3n) is 4.13. The molecule has 140 valence electrons. The van der Waals surface area contributed by atoms with Gasteiger partial charge in [-0.3, -0.25) is 9.10 Å². The maximum atomic E-state index is 12.5. The highest BCUT2D eigenvalue weighted by atomic mass is 32.2. The van der Waals surface area contributed by atoms with Gasteiger partial charge in [-0.25, -0.2) is 8.42 Å². The Morgan fingerprint density at radius 2 is 2.04 bits per heavy atom. The summed E-state index contributed by atoms with van der Waals surface area (Å²) in [5.41, 5.74) is 0.521. The fourth-order valence-electron chi connectivity index (χ4n) is 2.39. The number of amides is 1. The van der Waals surface area contributed by atoms with E-state index >= 15 is 0 Å². The van der Waals surface area contributed by atoms with Crippen molar-refractivity contribution >= 4 is 33.0 Å². The molecule has 9 heteroatoms. The van der Waals surface area contributed by atoms with Crippen LogP contribution < -0.4 is 19.7 Å². The molecule has 1 amide bonds. The van der Waals surface area contributed by atoms with Crippen molar-refractivity contribution in [1.29, 1.82) is 0 Å². The van der Waals surface area contributed by atoms with Gasteiger partial charge in [0, 0.05) is 32.6 Å². The number of carbonyl (C=O) groups is 1. The van der Waals surface area contributed by atoms with Crippen molar-refractivity contribution in [2.75, 3.05) is 37.6 Å². The van der Waals surface area contributed by atoms with Gasteiger partial charge in [-0.2, -0.15) is 0 Å². The zero-order valence-corrected chi connectivity index (χ0v) is 16.0. The predicted octanol–water partition coefficient (Wildman–Crippen LogP) is 1.29. The number of nitrogens with zero attached hydrogens (tertiary/aromatic N) is 1. The fraction of sp³-hybridized carbons (Fsp3) is 0.353. The van der Waals surface area contributed by atoms with Gasteiger partial charge < -0.3 is 15.4 Å². The van der Waals surface area contributed by atoms with Crippen molar-refractivity contribution in [2.24, 2.45) is 5.92 Å². The zero-order valence-electron chi connectivity index (χ0n) is 14.3. The van der Waals surface area contributed by atoms with E-state index in [0.29, 0.717) is 28.1 Å². The Kier molecular flexibility index (Phi) is 5.80. The van der Waals surface area contributed by atoms with E-state index in [4.69, 9.17) is 4.74 Å². The normalized spacial score (nSPS) is 14.5. The topological polar surface area (TPSA) is 87.7 Å². The Labute approximate surface area is 157 Å². The summed E-state index contributed by atoms with van der Waals surface area (Å²) >= 11 is 1.18. The average Bonchev–Trinajstić information content (AvgIpc) is 3.14. The van der Waals surface area contributed by atoms with Crippen LogP contribution >= 0.6 is 11.3 Å². The summed E-state index contributed by atoms with van der Waals surface area (Å²) in [6.07, 6.45) is 0. The molecule has 0 atom stereocenters. The molecule has 2 aromatic rings. The first-order valence-electron chi connectivity index (χ1n) is 8.19. The first-order valence-corrected chi connectivity index (χ1v) is 10.5. The number of hydrogen-bond donors (Lipinski definition) is 2. The van der Waals surface area contributed by atoms with E-state index in [2.05, 4.69) is 10.6 Å². The van der Waals surface area contributed by atoms with E-state index in [0.717, 1.165) is 13.1 Å². The van der Waals surface area contributed by atoms with E-state index in [1.54, 1.807) is 41.8 Å². The third kappa shape index (κ3) is 4.35. The summed E-state index contributed by atoms with van der Waals surface area (Å²) in [5.74, 6) is 0.841. The molecule has 0 aliphatic carbocycles. The molecule has 7 nitrogen and oxygen atoms in total. The maximum absolute atomic E-state index is 12.5. The fourth-order valence-corrected chi connectivity index (χ4v) is 4.74. The van der Waals surface area contributed by atoms with Gasteiger partial charge >= 0.3 is 0 Å². The average molecular weight is 396 g/mol. The molecule has 1 aliphatic rings. The van der Waals surface area contributed by atoms with E-state index in [-0.39, 0.29) is 12.5 Å². The van der Waals surface area contributed by atoms with Crippen LogP contribution in [0.15, 0.2) is 46.0 Å². The van der Waals surface area contributed by atoms with Crippen molar-refractivity contribution in [3.8, 4) is 5.75 Å². The minimum absolute atomic E-state index is 0.0666. The highest BCUT2D eigenvalue weighted by Crippen LogP contribution is 2.26. The molecule has 0 spiro atoms. The lowest BCUT2D eigenvalue weighted by molar-refractivity contribution is -0.123. The van der Waals surface area contributed by atoms with Gasteiger partial charge in [0.15, 0.2) is 6.61 Å². The predicted molar refractivity (Wildman–Crippen MR) is 101 cm³/mol. The number of ether oxygens (including phenoxy) is 1. The van der Waals surface area contributed by atoms with Gasteiger partial charge in [-0.15, -0.1) is 11.3 Å². The van der Waals surface area contributed by atoms with Crippen molar-refractivity contribution in [2.45, 2.75) is 4.21 Å². The number of sulfonamides is 1. The van der Waals surface area contributed by atoms with Crippen LogP contribution in [0.5, 0.6) is 5.75 Å². The molecule has 1 fully saturated rings. The maximum Gasteiger partial charge on any atom is 0.273 e. The van der Waals surface area contributed by atoms with Crippen LogP contribution in [0.2, 0.25) is 0 Å². The highest BCUT2D eigenvalue weighted by molar-refractivity contribution is 7.94.